The molecule has 0 radical (unpaired) electrons. The number of hydrogen-bond acceptors (Lipinski definition) is 7. The van der Waals surface area contributed by atoms with Gasteiger partial charge in [-0.25, -0.2) is 24.9 Å². The zero-order chi connectivity index (χ0) is 35.8. The van der Waals surface area contributed by atoms with Gasteiger partial charge in [-0.2, -0.15) is 0 Å². The number of pyridine rings is 1. The van der Waals surface area contributed by atoms with Crippen LogP contribution in [0.2, 0.25) is 0 Å². The quantitative estimate of drug-likeness (QED) is 0.165. The second-order valence-corrected chi connectivity index (χ2v) is 16.2. The highest BCUT2D eigenvalue weighted by Gasteiger charge is 2.21. The van der Waals surface area contributed by atoms with Crippen molar-refractivity contribution in [3.8, 4) is 22.5 Å². The average molecular weight is 737 g/mol. The van der Waals surface area contributed by atoms with Gasteiger partial charge in [-0.05, 0) is 81.0 Å². The highest BCUT2D eigenvalue weighted by Crippen LogP contribution is 2.44. The largest absolute Gasteiger partial charge is 0.291 e. The standard InChI is InChI=1S/C47H24N6S2/c1-2-8-28-20-32-31(19-27(28)7-1)17-18-37-41(32)52-46-44-34(33-21-29-9-3-4-10-30(29)22-39(33)54-44)23-38(53(37)46)25-13-15-26(16-14-25)40-45-42(49-24-48-40)43-47(55-45)51-36-12-6-5-11-35(36)50-43/h1-24H. The topological polar surface area (TPSA) is 68.9 Å². The molecule has 6 aromatic heterocycles. The van der Waals surface area contributed by atoms with Crippen molar-refractivity contribution in [2.75, 3.05) is 0 Å². The third kappa shape index (κ3) is 4.20. The van der Waals surface area contributed by atoms with Gasteiger partial charge in [-0.15, -0.1) is 22.7 Å². The van der Waals surface area contributed by atoms with E-state index in [1.54, 1.807) is 17.7 Å². The maximum absolute atomic E-state index is 5.52. The Morgan fingerprint density at radius 1 is 0.455 bits per heavy atom. The molecule has 0 saturated heterocycles. The Bertz CT molecular complexity index is 3780. The number of thiophene rings is 2. The van der Waals surface area contributed by atoms with Crippen LogP contribution in [0.4, 0.5) is 0 Å². The molecule has 55 heavy (non-hydrogen) atoms. The van der Waals surface area contributed by atoms with Crippen LogP contribution in [0.15, 0.2) is 146 Å². The Balaban J connectivity index is 1.06. The molecule has 0 atom stereocenters. The zero-order valence-electron chi connectivity index (χ0n) is 28.9. The van der Waals surface area contributed by atoms with Crippen LogP contribution in [-0.2, 0) is 0 Å². The number of nitrogens with zero attached hydrogens (tertiary/aromatic N) is 6. The predicted octanol–water partition coefficient (Wildman–Crippen LogP) is 12.8. The number of fused-ring (bicyclic) bond motifs is 15. The molecule has 254 valence electrons. The molecule has 13 aromatic rings. The lowest BCUT2D eigenvalue weighted by atomic mass is 10.0. The second-order valence-electron chi connectivity index (χ2n) is 14.1. The molecule has 0 aliphatic rings. The monoisotopic (exact) mass is 736 g/mol. The van der Waals surface area contributed by atoms with Crippen molar-refractivity contribution in [1.29, 1.82) is 0 Å². The normalized spacial score (nSPS) is 12.4. The molecule has 0 unspecified atom stereocenters. The van der Waals surface area contributed by atoms with Crippen LogP contribution in [0.1, 0.15) is 0 Å². The summed E-state index contributed by atoms with van der Waals surface area (Å²) in [6.07, 6.45) is 1.64. The average Bonchev–Trinajstić information content (AvgIpc) is 3.92. The van der Waals surface area contributed by atoms with E-state index in [4.69, 9.17) is 19.9 Å². The Hall–Kier alpha value is -6.87. The van der Waals surface area contributed by atoms with Crippen molar-refractivity contribution in [3.05, 3.63) is 146 Å². The van der Waals surface area contributed by atoms with Crippen molar-refractivity contribution in [3.63, 3.8) is 0 Å². The van der Waals surface area contributed by atoms with Gasteiger partial charge in [0.05, 0.1) is 42.9 Å². The van der Waals surface area contributed by atoms with E-state index < -0.39 is 0 Å². The summed E-state index contributed by atoms with van der Waals surface area (Å²) >= 11 is 3.43. The molecule has 8 heteroatoms. The number of imidazole rings is 1. The van der Waals surface area contributed by atoms with E-state index in [2.05, 4.69) is 125 Å². The Morgan fingerprint density at radius 2 is 1.15 bits per heavy atom. The molecule has 0 aliphatic carbocycles. The molecule has 0 fully saturated rings. The first-order valence-electron chi connectivity index (χ1n) is 18.1. The van der Waals surface area contributed by atoms with Crippen LogP contribution in [-0.4, -0.2) is 29.3 Å². The molecular formula is C47H24N6S2. The number of benzene rings is 7. The smallest absolute Gasteiger partial charge is 0.156 e. The van der Waals surface area contributed by atoms with Gasteiger partial charge < -0.3 is 0 Å². The predicted molar refractivity (Wildman–Crippen MR) is 231 cm³/mol. The summed E-state index contributed by atoms with van der Waals surface area (Å²) < 4.78 is 5.81. The Labute approximate surface area is 319 Å². The van der Waals surface area contributed by atoms with Crippen LogP contribution in [0.3, 0.4) is 0 Å². The molecule has 0 bridgehead atoms. The number of rotatable bonds is 2. The van der Waals surface area contributed by atoms with Crippen molar-refractivity contribution >= 4 is 123 Å². The highest BCUT2D eigenvalue weighted by atomic mass is 32.1. The zero-order valence-corrected chi connectivity index (χ0v) is 30.5. The molecule has 0 spiro atoms. The fourth-order valence-corrected chi connectivity index (χ4v) is 10.7. The Kier molecular flexibility index (Phi) is 5.83. The molecule has 13 rings (SSSR count). The lowest BCUT2D eigenvalue weighted by Crippen LogP contribution is -1.93. The van der Waals surface area contributed by atoms with Gasteiger partial charge in [-0.3, -0.25) is 4.40 Å². The molecule has 0 N–H and O–H groups in total. The number of hydrogen-bond donors (Lipinski definition) is 0. The SMILES string of the molecule is c1ccc2cc3c(ccc4c3nc3c5sc6cc7ccccc7cc6c5cc(-c5ccc(-c6ncnc7c6sc6nc8ccccc8nc67)cc5)n43)cc2c1. The summed E-state index contributed by atoms with van der Waals surface area (Å²) in [5.41, 5.74) is 10.6. The molecule has 6 heterocycles. The van der Waals surface area contributed by atoms with E-state index in [1.807, 2.05) is 35.6 Å². The third-order valence-corrected chi connectivity index (χ3v) is 13.3. The van der Waals surface area contributed by atoms with Gasteiger partial charge in [0.25, 0.3) is 0 Å². The van der Waals surface area contributed by atoms with Crippen LogP contribution in [0.25, 0.3) is 123 Å². The van der Waals surface area contributed by atoms with Crippen LogP contribution < -0.4 is 0 Å². The first-order valence-corrected chi connectivity index (χ1v) is 19.8. The fraction of sp³-hybridized carbons (Fsp3) is 0. The summed E-state index contributed by atoms with van der Waals surface area (Å²) in [5, 5.41) is 9.76. The fourth-order valence-electron chi connectivity index (χ4n) is 8.42. The van der Waals surface area contributed by atoms with Crippen molar-refractivity contribution in [2.45, 2.75) is 0 Å². The van der Waals surface area contributed by atoms with E-state index in [-0.39, 0.29) is 0 Å². The Morgan fingerprint density at radius 3 is 1.95 bits per heavy atom. The molecule has 0 amide bonds. The van der Waals surface area contributed by atoms with E-state index in [0.717, 1.165) is 76.2 Å². The van der Waals surface area contributed by atoms with Gasteiger partial charge in [0.1, 0.15) is 22.2 Å². The van der Waals surface area contributed by atoms with Crippen molar-refractivity contribution in [1.82, 2.24) is 29.3 Å². The highest BCUT2D eigenvalue weighted by molar-refractivity contribution is 7.26. The molecule has 0 saturated carbocycles. The van der Waals surface area contributed by atoms with Gasteiger partial charge in [-0.1, -0.05) is 91.0 Å². The van der Waals surface area contributed by atoms with E-state index >= 15 is 0 Å². The molecule has 0 aliphatic heterocycles. The minimum absolute atomic E-state index is 0.818. The van der Waals surface area contributed by atoms with Crippen molar-refractivity contribution in [2.24, 2.45) is 0 Å². The van der Waals surface area contributed by atoms with Gasteiger partial charge in [0.15, 0.2) is 5.65 Å². The maximum atomic E-state index is 5.52. The van der Waals surface area contributed by atoms with E-state index in [0.29, 0.717) is 0 Å². The summed E-state index contributed by atoms with van der Waals surface area (Å²) in [4.78, 5) is 25.7. The first kappa shape index (κ1) is 29.6. The lowest BCUT2D eigenvalue weighted by molar-refractivity contribution is 1.23. The van der Waals surface area contributed by atoms with Crippen LogP contribution in [0, 0.1) is 0 Å². The second kappa shape index (κ2) is 10.9. The first-order chi connectivity index (χ1) is 27.2. The third-order valence-electron chi connectivity index (χ3n) is 11.0. The number of para-hydroxylation sites is 2. The van der Waals surface area contributed by atoms with Crippen LogP contribution in [0.5, 0.6) is 0 Å². The minimum atomic E-state index is 0.818. The van der Waals surface area contributed by atoms with Crippen molar-refractivity contribution < 1.29 is 0 Å². The van der Waals surface area contributed by atoms with E-state index in [1.165, 1.54) is 47.1 Å². The summed E-state index contributed by atoms with van der Waals surface area (Å²) in [6.45, 7) is 0. The lowest BCUT2D eigenvalue weighted by Gasteiger charge is -2.10. The number of aromatic nitrogens is 6. The summed E-state index contributed by atoms with van der Waals surface area (Å²) in [7, 11) is 0. The summed E-state index contributed by atoms with van der Waals surface area (Å²) in [5.74, 6) is 0. The molecule has 6 nitrogen and oxygen atoms in total. The van der Waals surface area contributed by atoms with Gasteiger partial charge >= 0.3 is 0 Å². The van der Waals surface area contributed by atoms with Gasteiger partial charge in [0.2, 0.25) is 0 Å². The van der Waals surface area contributed by atoms with Crippen LogP contribution >= 0.6 is 22.7 Å². The molecule has 7 aromatic carbocycles. The van der Waals surface area contributed by atoms with Gasteiger partial charge in [0, 0.05) is 26.4 Å². The summed E-state index contributed by atoms with van der Waals surface area (Å²) in [6, 6.07) is 50.0. The molecular weight excluding hydrogens is 713 g/mol. The maximum Gasteiger partial charge on any atom is 0.156 e. The minimum Gasteiger partial charge on any atom is -0.291 e. The van der Waals surface area contributed by atoms with E-state index in [9.17, 15) is 0 Å².